The van der Waals surface area contributed by atoms with E-state index < -0.39 is 12.6 Å². The van der Waals surface area contributed by atoms with Gasteiger partial charge in [-0.2, -0.15) is 13.2 Å². The number of carbonyl (C=O) groups is 1. The Bertz CT molecular complexity index is 240. The summed E-state index contributed by atoms with van der Waals surface area (Å²) < 4.78 is 36.3. The minimum atomic E-state index is -4.10. The van der Waals surface area contributed by atoms with E-state index in [-0.39, 0.29) is 18.4 Å². The molecule has 5 heteroatoms. The minimum absolute atomic E-state index is 0.0219. The van der Waals surface area contributed by atoms with Crippen molar-refractivity contribution in [2.24, 2.45) is 0 Å². The lowest BCUT2D eigenvalue weighted by Gasteiger charge is -2.35. The summed E-state index contributed by atoms with van der Waals surface area (Å²) in [4.78, 5) is 12.8. The molecule has 94 valence electrons. The maximum Gasteiger partial charge on any atom is 0.390 e. The highest BCUT2D eigenvalue weighted by molar-refractivity contribution is 5.76. The first-order valence-corrected chi connectivity index (χ1v) is 5.69. The van der Waals surface area contributed by atoms with Crippen molar-refractivity contribution in [1.82, 2.24) is 4.90 Å². The molecule has 2 nitrogen and oxygen atoms in total. The van der Waals surface area contributed by atoms with E-state index >= 15 is 0 Å². The van der Waals surface area contributed by atoms with Crippen LogP contribution in [0.3, 0.4) is 0 Å². The van der Waals surface area contributed by atoms with Gasteiger partial charge in [-0.3, -0.25) is 9.69 Å². The summed E-state index contributed by atoms with van der Waals surface area (Å²) >= 11 is 0. The van der Waals surface area contributed by atoms with Crippen LogP contribution in [0.5, 0.6) is 0 Å². The van der Waals surface area contributed by atoms with Crippen molar-refractivity contribution in [1.29, 1.82) is 0 Å². The van der Waals surface area contributed by atoms with E-state index in [0.717, 1.165) is 19.3 Å². The summed E-state index contributed by atoms with van der Waals surface area (Å²) in [5.41, 5.74) is 0. The molecule has 0 spiro atoms. The summed E-state index contributed by atoms with van der Waals surface area (Å²) in [5, 5.41) is 0. The van der Waals surface area contributed by atoms with Gasteiger partial charge in [-0.1, -0.05) is 6.42 Å². The number of Topliss-reactive ketones (excluding diaryl/α,β-unsaturated/α-hetero) is 1. The topological polar surface area (TPSA) is 20.3 Å². The number of hydrogen-bond acceptors (Lipinski definition) is 2. The van der Waals surface area contributed by atoms with E-state index in [4.69, 9.17) is 0 Å². The molecule has 0 aromatic carbocycles. The summed E-state index contributed by atoms with van der Waals surface area (Å²) in [7, 11) is 0. The number of alkyl halides is 3. The van der Waals surface area contributed by atoms with Gasteiger partial charge in [-0.05, 0) is 26.3 Å². The number of ketones is 1. The highest BCUT2D eigenvalue weighted by Gasteiger charge is 2.30. The van der Waals surface area contributed by atoms with Crippen LogP contribution in [0.25, 0.3) is 0 Å². The third kappa shape index (κ3) is 4.96. The van der Waals surface area contributed by atoms with E-state index in [2.05, 4.69) is 0 Å². The summed E-state index contributed by atoms with van der Waals surface area (Å²) in [5.74, 6) is 0.0592. The van der Waals surface area contributed by atoms with Crippen molar-refractivity contribution in [2.75, 3.05) is 13.1 Å². The van der Waals surface area contributed by atoms with Crippen LogP contribution in [0.1, 0.15) is 39.0 Å². The molecule has 0 aliphatic carbocycles. The Balaban J connectivity index is 2.44. The van der Waals surface area contributed by atoms with E-state index in [1.54, 1.807) is 0 Å². The molecule has 0 aromatic heterocycles. The van der Waals surface area contributed by atoms with Gasteiger partial charge in [0, 0.05) is 19.0 Å². The molecule has 1 unspecified atom stereocenters. The zero-order chi connectivity index (χ0) is 12.2. The minimum Gasteiger partial charge on any atom is -0.300 e. The van der Waals surface area contributed by atoms with Crippen LogP contribution in [-0.2, 0) is 4.79 Å². The third-order valence-electron chi connectivity index (χ3n) is 2.95. The Morgan fingerprint density at radius 2 is 2.06 bits per heavy atom. The van der Waals surface area contributed by atoms with Crippen LogP contribution in [0.2, 0.25) is 0 Å². The third-order valence-corrected chi connectivity index (χ3v) is 2.95. The molecule has 0 N–H and O–H groups in total. The van der Waals surface area contributed by atoms with E-state index in [1.165, 1.54) is 6.92 Å². The molecule has 0 amide bonds. The molecular formula is C11H18F3NO. The Kier molecular flexibility index (Phi) is 4.77. The molecule has 0 saturated carbocycles. The first-order valence-electron chi connectivity index (χ1n) is 5.69. The Labute approximate surface area is 93.8 Å². The zero-order valence-corrected chi connectivity index (χ0v) is 9.52. The molecule has 1 aliphatic heterocycles. The highest BCUT2D eigenvalue weighted by Crippen LogP contribution is 2.24. The molecule has 1 rings (SSSR count). The molecule has 1 heterocycles. The van der Waals surface area contributed by atoms with E-state index in [1.807, 2.05) is 4.90 Å². The second kappa shape index (κ2) is 5.66. The first kappa shape index (κ1) is 13.5. The van der Waals surface area contributed by atoms with Gasteiger partial charge >= 0.3 is 6.18 Å². The molecule has 1 fully saturated rings. The molecule has 0 aromatic rings. The van der Waals surface area contributed by atoms with Crippen LogP contribution >= 0.6 is 0 Å². The number of rotatable bonds is 4. The van der Waals surface area contributed by atoms with Crippen LogP contribution in [0, 0.1) is 0 Å². The molecule has 1 atom stereocenters. The van der Waals surface area contributed by atoms with Gasteiger partial charge in [0.1, 0.15) is 5.78 Å². The second-order valence-corrected chi connectivity index (χ2v) is 4.46. The summed E-state index contributed by atoms with van der Waals surface area (Å²) in [6.45, 7) is 2.21. The van der Waals surface area contributed by atoms with Crippen molar-refractivity contribution in [2.45, 2.75) is 51.2 Å². The SMILES string of the molecule is CC(=O)CC1CCCCN1CCC(F)(F)F. The standard InChI is InChI=1S/C11H18F3NO/c1-9(16)8-10-4-2-3-6-15(10)7-5-11(12,13)14/h10H,2-8H2,1H3. The number of likely N-dealkylation sites (tertiary alicyclic amines) is 1. The summed E-state index contributed by atoms with van der Waals surface area (Å²) in [6, 6.07) is 0.0219. The maximum atomic E-state index is 12.1. The fourth-order valence-corrected chi connectivity index (χ4v) is 2.19. The Morgan fingerprint density at radius 1 is 1.38 bits per heavy atom. The van der Waals surface area contributed by atoms with E-state index in [0.29, 0.717) is 13.0 Å². The molecule has 0 radical (unpaired) electrons. The van der Waals surface area contributed by atoms with Gasteiger partial charge in [-0.25, -0.2) is 0 Å². The van der Waals surface area contributed by atoms with Crippen molar-refractivity contribution in [3.8, 4) is 0 Å². The van der Waals surface area contributed by atoms with E-state index in [9.17, 15) is 18.0 Å². The molecule has 0 bridgehead atoms. The van der Waals surface area contributed by atoms with Gasteiger partial charge in [0.15, 0.2) is 0 Å². The van der Waals surface area contributed by atoms with Crippen molar-refractivity contribution >= 4 is 5.78 Å². The summed E-state index contributed by atoms with van der Waals surface area (Å²) in [6.07, 6.45) is -1.69. The lowest BCUT2D eigenvalue weighted by Crippen LogP contribution is -2.42. The molecule has 1 aliphatic rings. The zero-order valence-electron chi connectivity index (χ0n) is 9.52. The van der Waals surface area contributed by atoms with Gasteiger partial charge in [0.2, 0.25) is 0 Å². The van der Waals surface area contributed by atoms with Gasteiger partial charge in [0.05, 0.1) is 6.42 Å². The highest BCUT2D eigenvalue weighted by atomic mass is 19.4. The van der Waals surface area contributed by atoms with Crippen LogP contribution in [0.15, 0.2) is 0 Å². The maximum absolute atomic E-state index is 12.1. The smallest absolute Gasteiger partial charge is 0.300 e. The first-order chi connectivity index (χ1) is 7.38. The van der Waals surface area contributed by atoms with Crippen molar-refractivity contribution < 1.29 is 18.0 Å². The number of carbonyl (C=O) groups excluding carboxylic acids is 1. The second-order valence-electron chi connectivity index (χ2n) is 4.46. The number of nitrogens with zero attached hydrogens (tertiary/aromatic N) is 1. The van der Waals surface area contributed by atoms with Crippen molar-refractivity contribution in [3.63, 3.8) is 0 Å². The average molecular weight is 237 g/mol. The van der Waals surface area contributed by atoms with Gasteiger partial charge in [0.25, 0.3) is 0 Å². The largest absolute Gasteiger partial charge is 0.390 e. The van der Waals surface area contributed by atoms with Gasteiger partial charge < -0.3 is 0 Å². The number of hydrogen-bond donors (Lipinski definition) is 0. The predicted molar refractivity (Wildman–Crippen MR) is 55.2 cm³/mol. The number of piperidine rings is 1. The monoisotopic (exact) mass is 237 g/mol. The number of halogens is 3. The van der Waals surface area contributed by atoms with Crippen LogP contribution in [-0.4, -0.2) is 36.0 Å². The molecule has 1 saturated heterocycles. The molecular weight excluding hydrogens is 219 g/mol. The van der Waals surface area contributed by atoms with Crippen LogP contribution in [0.4, 0.5) is 13.2 Å². The fourth-order valence-electron chi connectivity index (χ4n) is 2.19. The Morgan fingerprint density at radius 3 is 2.62 bits per heavy atom. The lowest BCUT2D eigenvalue weighted by molar-refractivity contribution is -0.140. The fraction of sp³-hybridized carbons (Fsp3) is 0.909. The van der Waals surface area contributed by atoms with Crippen LogP contribution < -0.4 is 0 Å². The quantitative estimate of drug-likeness (QED) is 0.749. The molecule has 16 heavy (non-hydrogen) atoms. The lowest BCUT2D eigenvalue weighted by atomic mass is 9.97. The van der Waals surface area contributed by atoms with Crippen molar-refractivity contribution in [3.05, 3.63) is 0 Å². The predicted octanol–water partition coefficient (Wildman–Crippen LogP) is 2.77. The average Bonchev–Trinajstić information content (AvgIpc) is 2.14. The van der Waals surface area contributed by atoms with Gasteiger partial charge in [-0.15, -0.1) is 0 Å². The normalized spacial score (nSPS) is 23.4. The Hall–Kier alpha value is -0.580.